The number of carbonyl (C=O) groups is 2. The number of halogens is 1. The Labute approximate surface area is 157 Å². The molecule has 5 nitrogen and oxygen atoms in total. The van der Waals surface area contributed by atoms with Gasteiger partial charge in [0.15, 0.2) is 0 Å². The highest BCUT2D eigenvalue weighted by Gasteiger charge is 2.17. The maximum Gasteiger partial charge on any atom is 0.251 e. The molecule has 0 saturated carbocycles. The highest BCUT2D eigenvalue weighted by atomic mass is 35.5. The minimum Gasteiger partial charge on any atom is -0.376 e. The van der Waals surface area contributed by atoms with Crippen LogP contribution in [-0.4, -0.2) is 31.1 Å². The van der Waals surface area contributed by atoms with Gasteiger partial charge in [-0.15, -0.1) is 0 Å². The summed E-state index contributed by atoms with van der Waals surface area (Å²) in [6, 6.07) is 14.0. The SMILES string of the molecule is O=C(NCc1ccc(Cl)cc1)c1cccc(C(=O)NCC2CCCO2)c1. The summed E-state index contributed by atoms with van der Waals surface area (Å²) in [5.41, 5.74) is 1.86. The van der Waals surface area contributed by atoms with E-state index in [1.807, 2.05) is 12.1 Å². The second-order valence-electron chi connectivity index (χ2n) is 6.24. The first-order valence-electron chi connectivity index (χ1n) is 8.64. The van der Waals surface area contributed by atoms with E-state index in [4.69, 9.17) is 16.3 Å². The molecule has 1 aliphatic rings. The Hall–Kier alpha value is -2.37. The van der Waals surface area contributed by atoms with E-state index in [-0.39, 0.29) is 17.9 Å². The highest BCUT2D eigenvalue weighted by molar-refractivity contribution is 6.30. The van der Waals surface area contributed by atoms with Gasteiger partial charge < -0.3 is 15.4 Å². The standard InChI is InChI=1S/C20H21ClN2O3/c21-17-8-6-14(7-9-17)12-22-19(24)15-3-1-4-16(11-15)20(25)23-13-18-5-2-10-26-18/h1,3-4,6-9,11,18H,2,5,10,12-13H2,(H,22,24)(H,23,25). The Kier molecular flexibility index (Phi) is 6.26. The third-order valence-electron chi connectivity index (χ3n) is 4.27. The second kappa shape index (κ2) is 8.83. The normalized spacial score (nSPS) is 16.3. The maximum atomic E-state index is 12.3. The molecular formula is C20H21ClN2O3. The molecule has 136 valence electrons. The Morgan fingerprint density at radius 1 is 1.04 bits per heavy atom. The van der Waals surface area contributed by atoms with Gasteiger partial charge in [0.25, 0.3) is 11.8 Å². The van der Waals surface area contributed by atoms with E-state index < -0.39 is 0 Å². The number of carbonyl (C=O) groups excluding carboxylic acids is 2. The number of ether oxygens (including phenoxy) is 1. The van der Waals surface area contributed by atoms with E-state index >= 15 is 0 Å². The van der Waals surface area contributed by atoms with Crippen molar-refractivity contribution in [3.05, 3.63) is 70.2 Å². The van der Waals surface area contributed by atoms with E-state index in [0.29, 0.717) is 29.2 Å². The van der Waals surface area contributed by atoms with Crippen LogP contribution in [0.15, 0.2) is 48.5 Å². The molecule has 6 heteroatoms. The van der Waals surface area contributed by atoms with E-state index in [0.717, 1.165) is 25.0 Å². The average molecular weight is 373 g/mol. The lowest BCUT2D eigenvalue weighted by atomic mass is 10.1. The Bertz CT molecular complexity index is 771. The van der Waals surface area contributed by atoms with Crippen molar-refractivity contribution < 1.29 is 14.3 Å². The van der Waals surface area contributed by atoms with Gasteiger partial charge in [-0.3, -0.25) is 9.59 Å². The Morgan fingerprint density at radius 3 is 2.38 bits per heavy atom. The van der Waals surface area contributed by atoms with Crippen LogP contribution in [0.3, 0.4) is 0 Å². The van der Waals surface area contributed by atoms with Gasteiger partial charge in [0, 0.05) is 35.8 Å². The third kappa shape index (κ3) is 5.07. The van der Waals surface area contributed by atoms with Crippen LogP contribution in [0.4, 0.5) is 0 Å². The molecule has 1 atom stereocenters. The number of benzene rings is 2. The van der Waals surface area contributed by atoms with Crippen molar-refractivity contribution in [2.75, 3.05) is 13.2 Å². The lowest BCUT2D eigenvalue weighted by Gasteiger charge is -2.11. The summed E-state index contributed by atoms with van der Waals surface area (Å²) in [6.45, 7) is 1.64. The summed E-state index contributed by atoms with van der Waals surface area (Å²) >= 11 is 5.85. The molecular weight excluding hydrogens is 352 g/mol. The molecule has 0 spiro atoms. The molecule has 0 aromatic heterocycles. The zero-order valence-electron chi connectivity index (χ0n) is 14.3. The zero-order valence-corrected chi connectivity index (χ0v) is 15.1. The first-order valence-corrected chi connectivity index (χ1v) is 9.02. The summed E-state index contributed by atoms with van der Waals surface area (Å²) < 4.78 is 5.50. The van der Waals surface area contributed by atoms with Crippen LogP contribution in [0, 0.1) is 0 Å². The van der Waals surface area contributed by atoms with Gasteiger partial charge in [-0.1, -0.05) is 29.8 Å². The van der Waals surface area contributed by atoms with Crippen molar-refractivity contribution in [3.8, 4) is 0 Å². The molecule has 26 heavy (non-hydrogen) atoms. The lowest BCUT2D eigenvalue weighted by Crippen LogP contribution is -2.32. The first kappa shape index (κ1) is 18.4. The van der Waals surface area contributed by atoms with E-state index in [9.17, 15) is 9.59 Å². The number of nitrogens with one attached hydrogen (secondary N) is 2. The van der Waals surface area contributed by atoms with Crippen LogP contribution in [0.1, 0.15) is 39.1 Å². The molecule has 1 heterocycles. The molecule has 0 radical (unpaired) electrons. The average Bonchev–Trinajstić information content (AvgIpc) is 3.19. The molecule has 0 aliphatic carbocycles. The maximum absolute atomic E-state index is 12.3. The topological polar surface area (TPSA) is 67.4 Å². The number of amides is 2. The molecule has 2 N–H and O–H groups in total. The lowest BCUT2D eigenvalue weighted by molar-refractivity contribution is 0.0857. The summed E-state index contributed by atoms with van der Waals surface area (Å²) in [6.07, 6.45) is 2.09. The Morgan fingerprint density at radius 2 is 1.73 bits per heavy atom. The molecule has 1 unspecified atom stereocenters. The van der Waals surface area contributed by atoms with Gasteiger partial charge in [0.1, 0.15) is 0 Å². The fourth-order valence-electron chi connectivity index (χ4n) is 2.80. The fraction of sp³-hybridized carbons (Fsp3) is 0.300. The fourth-order valence-corrected chi connectivity index (χ4v) is 2.93. The van der Waals surface area contributed by atoms with Crippen LogP contribution in [-0.2, 0) is 11.3 Å². The van der Waals surface area contributed by atoms with E-state index in [2.05, 4.69) is 10.6 Å². The van der Waals surface area contributed by atoms with Crippen LogP contribution in [0.25, 0.3) is 0 Å². The molecule has 2 aromatic carbocycles. The largest absolute Gasteiger partial charge is 0.376 e. The Balaban J connectivity index is 1.55. The summed E-state index contributed by atoms with van der Waals surface area (Å²) in [7, 11) is 0. The molecule has 0 bridgehead atoms. The van der Waals surface area contributed by atoms with Crippen molar-refractivity contribution in [3.63, 3.8) is 0 Å². The molecule has 1 saturated heterocycles. The van der Waals surface area contributed by atoms with Crippen LogP contribution < -0.4 is 10.6 Å². The van der Waals surface area contributed by atoms with E-state index in [1.54, 1.807) is 36.4 Å². The van der Waals surface area contributed by atoms with Crippen molar-refractivity contribution in [1.29, 1.82) is 0 Å². The quantitative estimate of drug-likeness (QED) is 0.818. The predicted octanol–water partition coefficient (Wildman–Crippen LogP) is 3.18. The monoisotopic (exact) mass is 372 g/mol. The molecule has 2 amide bonds. The summed E-state index contributed by atoms with van der Waals surface area (Å²) in [5.74, 6) is -0.429. The van der Waals surface area contributed by atoms with Gasteiger partial charge in [0.2, 0.25) is 0 Å². The molecule has 3 rings (SSSR count). The molecule has 2 aromatic rings. The van der Waals surface area contributed by atoms with Gasteiger partial charge in [-0.05, 0) is 48.7 Å². The second-order valence-corrected chi connectivity index (χ2v) is 6.67. The van der Waals surface area contributed by atoms with Crippen molar-refractivity contribution in [2.24, 2.45) is 0 Å². The van der Waals surface area contributed by atoms with Crippen molar-refractivity contribution in [1.82, 2.24) is 10.6 Å². The summed E-state index contributed by atoms with van der Waals surface area (Å²) in [4.78, 5) is 24.6. The van der Waals surface area contributed by atoms with Crippen LogP contribution >= 0.6 is 11.6 Å². The first-order chi connectivity index (χ1) is 12.6. The minimum absolute atomic E-state index is 0.0878. The van der Waals surface area contributed by atoms with Gasteiger partial charge in [-0.25, -0.2) is 0 Å². The highest BCUT2D eigenvalue weighted by Crippen LogP contribution is 2.12. The van der Waals surface area contributed by atoms with Gasteiger partial charge in [0.05, 0.1) is 6.10 Å². The minimum atomic E-state index is -0.228. The number of rotatable bonds is 6. The number of hydrogen-bond acceptors (Lipinski definition) is 3. The zero-order chi connectivity index (χ0) is 18.4. The smallest absolute Gasteiger partial charge is 0.251 e. The molecule has 1 aliphatic heterocycles. The van der Waals surface area contributed by atoms with Gasteiger partial charge >= 0.3 is 0 Å². The third-order valence-corrected chi connectivity index (χ3v) is 4.52. The van der Waals surface area contributed by atoms with Crippen molar-refractivity contribution >= 4 is 23.4 Å². The summed E-state index contributed by atoms with van der Waals surface area (Å²) in [5, 5.41) is 6.36. The van der Waals surface area contributed by atoms with Gasteiger partial charge in [-0.2, -0.15) is 0 Å². The van der Waals surface area contributed by atoms with Crippen molar-refractivity contribution in [2.45, 2.75) is 25.5 Å². The molecule has 1 fully saturated rings. The van der Waals surface area contributed by atoms with Crippen LogP contribution in [0.5, 0.6) is 0 Å². The number of hydrogen-bond donors (Lipinski definition) is 2. The van der Waals surface area contributed by atoms with E-state index in [1.165, 1.54) is 0 Å². The van der Waals surface area contributed by atoms with Crippen LogP contribution in [0.2, 0.25) is 5.02 Å². The predicted molar refractivity (Wildman–Crippen MR) is 100 cm³/mol.